The molecule has 4 heteroatoms. The van der Waals surface area contributed by atoms with Crippen molar-refractivity contribution < 1.29 is 18.9 Å². The van der Waals surface area contributed by atoms with Gasteiger partial charge >= 0.3 is 0 Å². The molecule has 6 atom stereocenters. The fourth-order valence-corrected chi connectivity index (χ4v) is 8.19. The quantitative estimate of drug-likeness (QED) is 0.707. The van der Waals surface area contributed by atoms with E-state index < -0.39 is 11.6 Å². The first-order valence-electron chi connectivity index (χ1n) is 10.6. The molecule has 2 spiro atoms. The predicted octanol–water partition coefficient (Wildman–Crippen LogP) is 3.49. The summed E-state index contributed by atoms with van der Waals surface area (Å²) >= 11 is 0. The highest BCUT2D eigenvalue weighted by atomic mass is 16.7. The second-order valence-corrected chi connectivity index (χ2v) is 9.16. The molecule has 6 aliphatic rings. The van der Waals surface area contributed by atoms with Gasteiger partial charge in [0.1, 0.15) is 0 Å². The van der Waals surface area contributed by atoms with Crippen LogP contribution in [0.4, 0.5) is 0 Å². The number of hydrogen-bond acceptors (Lipinski definition) is 4. The molecule has 142 valence electrons. The second kappa shape index (κ2) is 4.71. The summed E-state index contributed by atoms with van der Waals surface area (Å²) < 4.78 is 26.2. The lowest BCUT2D eigenvalue weighted by Gasteiger charge is -2.36. The Morgan fingerprint density at radius 2 is 0.786 bits per heavy atom. The van der Waals surface area contributed by atoms with Gasteiger partial charge in [-0.15, -0.1) is 0 Å². The van der Waals surface area contributed by atoms with Gasteiger partial charge in [0, 0.05) is 23.7 Å². The Hall–Kier alpha value is -1.72. The fraction of sp³-hybridized carbons (Fsp3) is 0.500. The molecule has 2 saturated carbocycles. The maximum atomic E-state index is 6.56. The van der Waals surface area contributed by atoms with Crippen LogP contribution in [-0.4, -0.2) is 38.0 Å². The van der Waals surface area contributed by atoms with Gasteiger partial charge in [-0.05, 0) is 34.1 Å². The standard InChI is InChI=1S/C24H22O4/c1-2-6-14-13(5-1)19-17-18-21(23(19)25-9-10-26-23)15-7-3-4-8-16(15)22(18)24(20(14)17)27-11-12-28-24/h1-8,17-22H,9-12H2/t17?,18?,19-,20+,21+,22-. The van der Waals surface area contributed by atoms with Crippen molar-refractivity contribution in [1.82, 2.24) is 0 Å². The van der Waals surface area contributed by atoms with E-state index in [0.29, 0.717) is 38.3 Å². The number of fused-ring (bicyclic) bond motifs is 10. The van der Waals surface area contributed by atoms with Crippen molar-refractivity contribution in [3.8, 4) is 0 Å². The van der Waals surface area contributed by atoms with Crippen molar-refractivity contribution in [1.29, 1.82) is 0 Å². The number of ether oxygens (including phenoxy) is 4. The van der Waals surface area contributed by atoms with E-state index in [4.69, 9.17) is 18.9 Å². The van der Waals surface area contributed by atoms with Crippen LogP contribution in [0.5, 0.6) is 0 Å². The lowest BCUT2D eigenvalue weighted by atomic mass is 9.85. The molecule has 2 unspecified atom stereocenters. The van der Waals surface area contributed by atoms with Crippen molar-refractivity contribution in [3.63, 3.8) is 0 Å². The highest BCUT2D eigenvalue weighted by Gasteiger charge is 2.82. The molecule has 0 amide bonds. The molecule has 4 nitrogen and oxygen atoms in total. The summed E-state index contributed by atoms with van der Waals surface area (Å²) in [5.74, 6) is 0.843. The first-order chi connectivity index (χ1) is 13.9. The van der Waals surface area contributed by atoms with Crippen LogP contribution in [0.15, 0.2) is 48.5 Å². The van der Waals surface area contributed by atoms with Gasteiger partial charge in [0.15, 0.2) is 11.6 Å². The van der Waals surface area contributed by atoms with Crippen molar-refractivity contribution in [2.45, 2.75) is 35.2 Å². The summed E-state index contributed by atoms with van der Waals surface area (Å²) in [4.78, 5) is 0. The summed E-state index contributed by atoms with van der Waals surface area (Å²) in [6.07, 6.45) is 0. The average molecular weight is 374 g/mol. The normalized spacial score (nSPS) is 41.7. The zero-order chi connectivity index (χ0) is 18.1. The first-order valence-corrected chi connectivity index (χ1v) is 10.6. The summed E-state index contributed by atoms with van der Waals surface area (Å²) in [5, 5.41) is 0. The minimum absolute atomic E-state index is 0.259. The maximum Gasteiger partial charge on any atom is 0.182 e. The van der Waals surface area contributed by atoms with E-state index in [-0.39, 0.29) is 23.7 Å². The van der Waals surface area contributed by atoms with Gasteiger partial charge in [0.2, 0.25) is 0 Å². The third-order valence-electron chi connectivity index (χ3n) is 8.53. The molecule has 4 aliphatic carbocycles. The largest absolute Gasteiger partial charge is 0.346 e. The van der Waals surface area contributed by atoms with Gasteiger partial charge in [-0.25, -0.2) is 0 Å². The smallest absolute Gasteiger partial charge is 0.182 e. The summed E-state index contributed by atoms with van der Waals surface area (Å²) in [6.45, 7) is 2.74. The molecule has 8 rings (SSSR count). The third-order valence-corrected chi connectivity index (χ3v) is 8.53. The summed E-state index contributed by atoms with van der Waals surface area (Å²) in [5.41, 5.74) is 5.57. The molecule has 0 N–H and O–H groups in total. The van der Waals surface area contributed by atoms with Crippen LogP contribution in [0.2, 0.25) is 0 Å². The van der Waals surface area contributed by atoms with Crippen LogP contribution in [0, 0.1) is 11.8 Å². The van der Waals surface area contributed by atoms with E-state index in [2.05, 4.69) is 48.5 Å². The van der Waals surface area contributed by atoms with Crippen LogP contribution in [-0.2, 0) is 18.9 Å². The molecule has 0 bridgehead atoms. The minimum Gasteiger partial charge on any atom is -0.346 e. The summed E-state index contributed by atoms with van der Waals surface area (Å²) in [6, 6.07) is 17.8. The molecule has 2 saturated heterocycles. The Kier molecular flexibility index (Phi) is 2.55. The average Bonchev–Trinajstić information content (AvgIpc) is 3.53. The van der Waals surface area contributed by atoms with Crippen molar-refractivity contribution in [2.24, 2.45) is 11.8 Å². The van der Waals surface area contributed by atoms with Gasteiger partial charge in [-0.1, -0.05) is 48.5 Å². The highest BCUT2D eigenvalue weighted by Crippen LogP contribution is 2.81. The Balaban J connectivity index is 1.48. The van der Waals surface area contributed by atoms with Crippen LogP contribution < -0.4 is 0 Å². The van der Waals surface area contributed by atoms with Gasteiger partial charge in [-0.3, -0.25) is 0 Å². The van der Waals surface area contributed by atoms with Crippen molar-refractivity contribution in [2.75, 3.05) is 26.4 Å². The molecule has 2 heterocycles. The number of benzene rings is 2. The Labute approximate surface area is 163 Å². The molecule has 0 radical (unpaired) electrons. The van der Waals surface area contributed by atoms with Crippen molar-refractivity contribution >= 4 is 0 Å². The zero-order valence-corrected chi connectivity index (χ0v) is 15.5. The Morgan fingerprint density at radius 3 is 1.07 bits per heavy atom. The number of rotatable bonds is 0. The fourth-order valence-electron chi connectivity index (χ4n) is 8.19. The van der Waals surface area contributed by atoms with Gasteiger partial charge in [-0.2, -0.15) is 0 Å². The van der Waals surface area contributed by atoms with E-state index in [1.807, 2.05) is 0 Å². The third kappa shape index (κ3) is 1.36. The van der Waals surface area contributed by atoms with Gasteiger partial charge in [0.25, 0.3) is 0 Å². The molecule has 2 aromatic rings. The molecular weight excluding hydrogens is 352 g/mol. The van der Waals surface area contributed by atoms with E-state index in [9.17, 15) is 0 Å². The predicted molar refractivity (Wildman–Crippen MR) is 100 cm³/mol. The monoisotopic (exact) mass is 374 g/mol. The van der Waals surface area contributed by atoms with Crippen LogP contribution in [0.25, 0.3) is 0 Å². The van der Waals surface area contributed by atoms with Crippen LogP contribution >= 0.6 is 0 Å². The SMILES string of the molecule is c1ccc2c(c1)[C@@H]1C3C4[C@@H](c5ccccc5[C@@H]4C14OCCO4)C1(OCCO1)[C@@H]23. The molecule has 2 aromatic carbocycles. The second-order valence-electron chi connectivity index (χ2n) is 9.16. The van der Waals surface area contributed by atoms with E-state index in [1.54, 1.807) is 0 Å². The molecule has 0 aromatic heterocycles. The topological polar surface area (TPSA) is 36.9 Å². The lowest BCUT2D eigenvalue weighted by Crippen LogP contribution is -2.42. The highest BCUT2D eigenvalue weighted by molar-refractivity contribution is 5.58. The van der Waals surface area contributed by atoms with Gasteiger partial charge in [0.05, 0.1) is 26.4 Å². The molecule has 2 aliphatic heterocycles. The van der Waals surface area contributed by atoms with Crippen molar-refractivity contribution in [3.05, 3.63) is 70.8 Å². The van der Waals surface area contributed by atoms with Crippen LogP contribution in [0.3, 0.4) is 0 Å². The van der Waals surface area contributed by atoms with E-state index in [1.165, 1.54) is 22.3 Å². The van der Waals surface area contributed by atoms with Gasteiger partial charge < -0.3 is 18.9 Å². The Bertz CT molecular complexity index is 856. The minimum atomic E-state index is -0.536. The molecule has 4 fully saturated rings. The van der Waals surface area contributed by atoms with E-state index >= 15 is 0 Å². The lowest BCUT2D eigenvalue weighted by molar-refractivity contribution is -0.200. The molecule has 28 heavy (non-hydrogen) atoms. The first kappa shape index (κ1) is 15.2. The zero-order valence-electron chi connectivity index (χ0n) is 15.5. The van der Waals surface area contributed by atoms with Crippen LogP contribution in [0.1, 0.15) is 45.9 Å². The molecular formula is C24H22O4. The van der Waals surface area contributed by atoms with E-state index in [0.717, 1.165) is 0 Å². The Morgan fingerprint density at radius 1 is 0.500 bits per heavy atom. The number of hydrogen-bond donors (Lipinski definition) is 0. The maximum absolute atomic E-state index is 6.56. The summed E-state index contributed by atoms with van der Waals surface area (Å²) in [7, 11) is 0.